The fraction of sp³-hybridized carbons (Fsp3) is 0.111. The number of hydrogen-bond donors (Lipinski definition) is 1. The van der Waals surface area contributed by atoms with Crippen molar-refractivity contribution in [2.24, 2.45) is 0 Å². The lowest BCUT2D eigenvalue weighted by atomic mass is 10.2. The zero-order chi connectivity index (χ0) is 10.5. The molecule has 0 rings (SSSR count). The molecule has 0 aliphatic carbocycles. The Morgan fingerprint density at radius 3 is 2.00 bits per heavy atom. The second-order valence-electron chi connectivity index (χ2n) is 2.33. The van der Waals surface area contributed by atoms with E-state index in [2.05, 4.69) is 13.2 Å². The SMILES string of the molecule is C=CC(C=C)=C/C=C(\C)S(=O)(=O)O. The van der Waals surface area contributed by atoms with E-state index in [4.69, 9.17) is 4.55 Å². The lowest BCUT2D eigenvalue weighted by Crippen LogP contribution is -1.97. The average Bonchev–Trinajstić information content (AvgIpc) is 2.04. The third kappa shape index (κ3) is 4.45. The molecule has 13 heavy (non-hydrogen) atoms. The van der Waals surface area contributed by atoms with E-state index in [1.54, 1.807) is 0 Å². The molecule has 1 N–H and O–H groups in total. The molecule has 4 heteroatoms. The van der Waals surface area contributed by atoms with Crippen LogP contribution >= 0.6 is 0 Å². The van der Waals surface area contributed by atoms with Crippen LogP contribution in [-0.4, -0.2) is 13.0 Å². The first-order valence-electron chi connectivity index (χ1n) is 3.52. The molecule has 0 aromatic heterocycles. The van der Waals surface area contributed by atoms with Crippen molar-refractivity contribution in [1.82, 2.24) is 0 Å². The first-order chi connectivity index (χ1) is 5.91. The summed E-state index contributed by atoms with van der Waals surface area (Å²) in [6.07, 6.45) is 5.85. The van der Waals surface area contributed by atoms with Crippen molar-refractivity contribution in [3.8, 4) is 0 Å². The molecule has 72 valence electrons. The number of allylic oxidation sites excluding steroid dienone is 6. The summed E-state index contributed by atoms with van der Waals surface area (Å²) in [6, 6.07) is 0. The standard InChI is InChI=1S/C9H12O3S/c1-4-9(5-2)7-6-8(3)13(10,11)12/h4-7H,1-2H2,3H3,(H,10,11,12)/b8-6+. The lowest BCUT2D eigenvalue weighted by molar-refractivity contribution is 0.491. The summed E-state index contributed by atoms with van der Waals surface area (Å²) in [5.41, 5.74) is 0.683. The topological polar surface area (TPSA) is 54.4 Å². The van der Waals surface area contributed by atoms with E-state index in [0.717, 1.165) is 0 Å². The third-order valence-electron chi connectivity index (χ3n) is 1.39. The minimum Gasteiger partial charge on any atom is -0.282 e. The summed E-state index contributed by atoms with van der Waals surface area (Å²) in [6.45, 7) is 8.28. The Morgan fingerprint density at radius 2 is 1.69 bits per heavy atom. The highest BCUT2D eigenvalue weighted by Crippen LogP contribution is 2.04. The summed E-state index contributed by atoms with van der Waals surface area (Å²) in [5, 5.41) is 0. The van der Waals surface area contributed by atoms with E-state index in [0.29, 0.717) is 5.57 Å². The highest BCUT2D eigenvalue weighted by Gasteiger charge is 2.05. The van der Waals surface area contributed by atoms with E-state index >= 15 is 0 Å². The van der Waals surface area contributed by atoms with Crippen LogP contribution < -0.4 is 0 Å². The van der Waals surface area contributed by atoms with Gasteiger partial charge < -0.3 is 0 Å². The molecule has 0 aromatic rings. The molecule has 0 spiro atoms. The quantitative estimate of drug-likeness (QED) is 0.558. The molecule has 3 nitrogen and oxygen atoms in total. The van der Waals surface area contributed by atoms with Gasteiger partial charge in [0.1, 0.15) is 0 Å². The number of rotatable bonds is 4. The van der Waals surface area contributed by atoms with Gasteiger partial charge in [-0.1, -0.05) is 31.4 Å². The van der Waals surface area contributed by atoms with Crippen LogP contribution in [0.15, 0.2) is 47.9 Å². The van der Waals surface area contributed by atoms with Gasteiger partial charge in [-0.25, -0.2) is 0 Å². The average molecular weight is 200 g/mol. The second-order valence-corrected chi connectivity index (χ2v) is 3.92. The zero-order valence-electron chi connectivity index (χ0n) is 7.40. The van der Waals surface area contributed by atoms with Crippen LogP contribution in [0.5, 0.6) is 0 Å². The number of hydrogen-bond acceptors (Lipinski definition) is 2. The van der Waals surface area contributed by atoms with Crippen molar-refractivity contribution in [2.45, 2.75) is 6.92 Å². The van der Waals surface area contributed by atoms with E-state index in [1.165, 1.54) is 31.2 Å². The molecule has 0 aromatic carbocycles. The Kier molecular flexibility index (Phi) is 4.37. The predicted molar refractivity (Wildman–Crippen MR) is 53.8 cm³/mol. The zero-order valence-corrected chi connectivity index (χ0v) is 8.21. The molecule has 0 aliphatic heterocycles. The maximum Gasteiger partial charge on any atom is 0.290 e. The Bertz CT molecular complexity index is 348. The highest BCUT2D eigenvalue weighted by molar-refractivity contribution is 7.89. The van der Waals surface area contributed by atoms with Gasteiger partial charge in [-0.2, -0.15) is 8.42 Å². The Labute approximate surface area is 78.5 Å². The van der Waals surface area contributed by atoms with Gasteiger partial charge in [0.25, 0.3) is 10.1 Å². The minimum absolute atomic E-state index is 0.117. The minimum atomic E-state index is -4.07. The van der Waals surface area contributed by atoms with Crippen LogP contribution in [0, 0.1) is 0 Å². The van der Waals surface area contributed by atoms with Crippen LogP contribution in [0.2, 0.25) is 0 Å². The molecule has 0 fully saturated rings. The van der Waals surface area contributed by atoms with Gasteiger partial charge in [0.2, 0.25) is 0 Å². The van der Waals surface area contributed by atoms with Crippen molar-refractivity contribution >= 4 is 10.1 Å². The van der Waals surface area contributed by atoms with Crippen LogP contribution in [0.1, 0.15) is 6.92 Å². The molecule has 0 unspecified atom stereocenters. The lowest BCUT2D eigenvalue weighted by Gasteiger charge is -1.93. The van der Waals surface area contributed by atoms with Gasteiger partial charge in [-0.15, -0.1) is 0 Å². The van der Waals surface area contributed by atoms with E-state index in [9.17, 15) is 8.42 Å². The molecule has 0 radical (unpaired) electrons. The molecule has 0 aliphatic rings. The van der Waals surface area contributed by atoms with Gasteiger partial charge in [0, 0.05) is 0 Å². The maximum absolute atomic E-state index is 10.5. The van der Waals surface area contributed by atoms with Gasteiger partial charge in [0.05, 0.1) is 4.91 Å². The van der Waals surface area contributed by atoms with Gasteiger partial charge >= 0.3 is 0 Å². The van der Waals surface area contributed by atoms with Crippen LogP contribution in [-0.2, 0) is 10.1 Å². The molecular weight excluding hydrogens is 188 g/mol. The summed E-state index contributed by atoms with van der Waals surface area (Å²) >= 11 is 0. The van der Waals surface area contributed by atoms with Crippen LogP contribution in [0.25, 0.3) is 0 Å². The Morgan fingerprint density at radius 1 is 1.23 bits per heavy atom. The van der Waals surface area contributed by atoms with E-state index < -0.39 is 10.1 Å². The summed E-state index contributed by atoms with van der Waals surface area (Å²) in [7, 11) is -4.07. The summed E-state index contributed by atoms with van der Waals surface area (Å²) < 4.78 is 29.6. The van der Waals surface area contributed by atoms with Gasteiger partial charge in [-0.05, 0) is 18.6 Å². The fourth-order valence-corrected chi connectivity index (χ4v) is 0.759. The molecular formula is C9H12O3S. The third-order valence-corrected chi connectivity index (χ3v) is 2.34. The normalized spacial score (nSPS) is 12.0. The van der Waals surface area contributed by atoms with Crippen LogP contribution in [0.4, 0.5) is 0 Å². The highest BCUT2D eigenvalue weighted by atomic mass is 32.2. The van der Waals surface area contributed by atoms with Crippen molar-refractivity contribution in [2.75, 3.05) is 0 Å². The van der Waals surface area contributed by atoms with Crippen LogP contribution in [0.3, 0.4) is 0 Å². The first-order valence-corrected chi connectivity index (χ1v) is 4.96. The van der Waals surface area contributed by atoms with Crippen molar-refractivity contribution in [1.29, 1.82) is 0 Å². The smallest absolute Gasteiger partial charge is 0.282 e. The molecule has 0 amide bonds. The fourth-order valence-electron chi connectivity index (χ4n) is 0.519. The molecule has 0 saturated heterocycles. The summed E-state index contributed by atoms with van der Waals surface area (Å²) in [5.74, 6) is 0. The summed E-state index contributed by atoms with van der Waals surface area (Å²) in [4.78, 5) is -0.117. The van der Waals surface area contributed by atoms with E-state index in [1.807, 2.05) is 0 Å². The second kappa shape index (κ2) is 4.79. The monoisotopic (exact) mass is 200 g/mol. The Hall–Kier alpha value is -1.13. The molecule has 0 saturated carbocycles. The molecule has 0 atom stereocenters. The van der Waals surface area contributed by atoms with Gasteiger partial charge in [-0.3, -0.25) is 4.55 Å². The molecule has 0 bridgehead atoms. The van der Waals surface area contributed by atoms with E-state index in [-0.39, 0.29) is 4.91 Å². The predicted octanol–water partition coefficient (Wildman–Crippen LogP) is 2.08. The maximum atomic E-state index is 10.5. The van der Waals surface area contributed by atoms with Crippen molar-refractivity contribution in [3.63, 3.8) is 0 Å². The van der Waals surface area contributed by atoms with Crippen molar-refractivity contribution in [3.05, 3.63) is 47.9 Å². The van der Waals surface area contributed by atoms with Gasteiger partial charge in [0.15, 0.2) is 0 Å². The largest absolute Gasteiger partial charge is 0.290 e. The Balaban J connectivity index is 4.89. The molecule has 0 heterocycles. The van der Waals surface area contributed by atoms with Crippen molar-refractivity contribution < 1.29 is 13.0 Å². The first kappa shape index (κ1) is 11.9.